The van der Waals surface area contributed by atoms with E-state index in [1.54, 1.807) is 11.1 Å². The fourth-order valence-electron chi connectivity index (χ4n) is 3.21. The third-order valence-corrected chi connectivity index (χ3v) is 4.12. The van der Waals surface area contributed by atoms with Crippen LogP contribution in [0.2, 0.25) is 0 Å². The highest BCUT2D eigenvalue weighted by atomic mass is 14.2. The molecule has 0 saturated carbocycles. The first-order chi connectivity index (χ1) is 9.81. The smallest absolute Gasteiger partial charge is 0.0146 e. The van der Waals surface area contributed by atoms with Gasteiger partial charge in [-0.3, -0.25) is 0 Å². The van der Waals surface area contributed by atoms with Gasteiger partial charge in [0, 0.05) is 0 Å². The van der Waals surface area contributed by atoms with E-state index in [-0.39, 0.29) is 0 Å². The summed E-state index contributed by atoms with van der Waals surface area (Å²) in [6.07, 6.45) is 4.86. The van der Waals surface area contributed by atoms with E-state index in [2.05, 4.69) is 50.2 Å². The maximum absolute atomic E-state index is 2.32. The van der Waals surface area contributed by atoms with Gasteiger partial charge in [-0.05, 0) is 59.6 Å². The second-order valence-corrected chi connectivity index (χ2v) is 5.29. The van der Waals surface area contributed by atoms with E-state index in [4.69, 9.17) is 0 Å². The average Bonchev–Trinajstić information content (AvgIpc) is 2.51. The number of benzene rings is 2. The van der Waals surface area contributed by atoms with Gasteiger partial charge in [0.05, 0.1) is 0 Å². The molecular formula is C20H26. The van der Waals surface area contributed by atoms with Crippen molar-refractivity contribution in [1.82, 2.24) is 0 Å². The van der Waals surface area contributed by atoms with E-state index in [1.807, 2.05) is 13.8 Å². The second kappa shape index (κ2) is 6.74. The minimum atomic E-state index is 1.20. The molecular weight excluding hydrogens is 240 g/mol. The molecule has 0 fully saturated rings. The molecule has 0 unspecified atom stereocenters. The van der Waals surface area contributed by atoms with Crippen molar-refractivity contribution in [2.24, 2.45) is 0 Å². The van der Waals surface area contributed by atoms with Gasteiger partial charge in [-0.15, -0.1) is 0 Å². The molecule has 1 aliphatic carbocycles. The molecule has 2 aromatic rings. The van der Waals surface area contributed by atoms with Crippen molar-refractivity contribution >= 4 is 0 Å². The lowest BCUT2D eigenvalue weighted by atomic mass is 9.81. The first-order valence-electron chi connectivity index (χ1n) is 8.01. The Morgan fingerprint density at radius 1 is 0.900 bits per heavy atom. The minimum absolute atomic E-state index is 1.20. The first kappa shape index (κ1) is 14.8. The van der Waals surface area contributed by atoms with Crippen LogP contribution in [0.4, 0.5) is 0 Å². The zero-order valence-corrected chi connectivity index (χ0v) is 13.3. The summed E-state index contributed by atoms with van der Waals surface area (Å²) in [5.74, 6) is 0. The summed E-state index contributed by atoms with van der Waals surface area (Å²) in [7, 11) is 0. The molecule has 0 atom stereocenters. The van der Waals surface area contributed by atoms with Crippen molar-refractivity contribution in [3.05, 3.63) is 58.7 Å². The van der Waals surface area contributed by atoms with Crippen LogP contribution in [0.25, 0.3) is 11.1 Å². The highest BCUT2D eigenvalue weighted by Gasteiger charge is 2.18. The lowest BCUT2D eigenvalue weighted by molar-refractivity contribution is 0.859. The van der Waals surface area contributed by atoms with Gasteiger partial charge in [0.15, 0.2) is 0 Å². The Balaban J connectivity index is 0.000000704. The number of hydrogen-bond acceptors (Lipinski definition) is 0. The van der Waals surface area contributed by atoms with Crippen molar-refractivity contribution in [1.29, 1.82) is 0 Å². The topological polar surface area (TPSA) is 0 Å². The number of fused-ring (bicyclic) bond motifs is 3. The molecule has 0 aromatic heterocycles. The van der Waals surface area contributed by atoms with E-state index < -0.39 is 0 Å². The van der Waals surface area contributed by atoms with Crippen LogP contribution in [0.15, 0.2) is 36.4 Å². The van der Waals surface area contributed by atoms with Gasteiger partial charge in [-0.1, -0.05) is 63.6 Å². The van der Waals surface area contributed by atoms with Gasteiger partial charge in [0.1, 0.15) is 0 Å². The van der Waals surface area contributed by atoms with Gasteiger partial charge in [-0.25, -0.2) is 0 Å². The lowest BCUT2D eigenvalue weighted by Crippen LogP contribution is -2.08. The van der Waals surface area contributed by atoms with Gasteiger partial charge in [0.25, 0.3) is 0 Å². The number of hydrogen-bond donors (Lipinski definition) is 0. The van der Waals surface area contributed by atoms with Crippen LogP contribution in [0, 0.1) is 6.92 Å². The summed E-state index contributed by atoms with van der Waals surface area (Å²) < 4.78 is 0. The molecule has 20 heavy (non-hydrogen) atoms. The Morgan fingerprint density at radius 2 is 1.65 bits per heavy atom. The summed E-state index contributed by atoms with van der Waals surface area (Å²) in [5, 5.41) is 0. The lowest BCUT2D eigenvalue weighted by Gasteiger charge is -2.23. The van der Waals surface area contributed by atoms with Crippen molar-refractivity contribution in [2.75, 3.05) is 0 Å². The van der Waals surface area contributed by atoms with Gasteiger partial charge < -0.3 is 0 Å². The molecule has 0 heteroatoms. The third kappa shape index (κ3) is 2.65. The summed E-state index contributed by atoms with van der Waals surface area (Å²) >= 11 is 0. The van der Waals surface area contributed by atoms with Crippen molar-refractivity contribution in [2.45, 2.75) is 53.4 Å². The van der Waals surface area contributed by atoms with E-state index in [1.165, 1.54) is 47.9 Å². The second-order valence-electron chi connectivity index (χ2n) is 5.29. The van der Waals surface area contributed by atoms with Crippen molar-refractivity contribution in [3.8, 4) is 11.1 Å². The number of rotatable bonds is 2. The van der Waals surface area contributed by atoms with Crippen molar-refractivity contribution < 1.29 is 0 Å². The predicted molar refractivity (Wildman–Crippen MR) is 89.4 cm³/mol. The summed E-state index contributed by atoms with van der Waals surface area (Å²) in [4.78, 5) is 0. The first-order valence-corrected chi connectivity index (χ1v) is 8.01. The Morgan fingerprint density at radius 3 is 2.40 bits per heavy atom. The Hall–Kier alpha value is -1.56. The molecule has 106 valence electrons. The maximum atomic E-state index is 2.32. The Bertz CT molecular complexity index is 579. The van der Waals surface area contributed by atoms with Gasteiger partial charge in [0.2, 0.25) is 0 Å². The largest absolute Gasteiger partial charge is 0.0683 e. The zero-order valence-electron chi connectivity index (χ0n) is 13.3. The van der Waals surface area contributed by atoms with E-state index in [0.29, 0.717) is 0 Å². The SMILES string of the molecule is CC.CCCc1c(C)ccc2c1CCc1ccccc1-2. The molecule has 0 aliphatic heterocycles. The molecule has 3 rings (SSSR count). The molecule has 2 aromatic carbocycles. The van der Waals surface area contributed by atoms with Crippen LogP contribution in [0.3, 0.4) is 0 Å². The van der Waals surface area contributed by atoms with Crippen LogP contribution >= 0.6 is 0 Å². The molecule has 0 radical (unpaired) electrons. The third-order valence-electron chi connectivity index (χ3n) is 4.12. The van der Waals surface area contributed by atoms with Crippen LogP contribution in [0.1, 0.15) is 49.4 Å². The summed E-state index contributed by atoms with van der Waals surface area (Å²) in [6.45, 7) is 8.53. The molecule has 0 N–H and O–H groups in total. The Labute approximate surface area is 123 Å². The fourth-order valence-corrected chi connectivity index (χ4v) is 3.21. The zero-order chi connectivity index (χ0) is 14.5. The van der Waals surface area contributed by atoms with Crippen molar-refractivity contribution in [3.63, 3.8) is 0 Å². The fraction of sp³-hybridized carbons (Fsp3) is 0.400. The normalized spacial score (nSPS) is 12.0. The standard InChI is InChI=1S/C18H20.C2H6/c1-3-6-15-13(2)9-11-18-16-8-5-4-7-14(16)10-12-17(15)18;1-2/h4-5,7-9,11H,3,6,10,12H2,1-2H3;1-2H3. The van der Waals surface area contributed by atoms with Crippen LogP contribution < -0.4 is 0 Å². The monoisotopic (exact) mass is 266 g/mol. The average molecular weight is 266 g/mol. The molecule has 0 bridgehead atoms. The van der Waals surface area contributed by atoms with E-state index >= 15 is 0 Å². The van der Waals surface area contributed by atoms with Gasteiger partial charge >= 0.3 is 0 Å². The molecule has 0 amide bonds. The van der Waals surface area contributed by atoms with E-state index in [9.17, 15) is 0 Å². The molecule has 0 saturated heterocycles. The number of aryl methyl sites for hydroxylation is 2. The molecule has 0 heterocycles. The summed E-state index contributed by atoms with van der Waals surface area (Å²) in [5.41, 5.74) is 9.12. The highest BCUT2D eigenvalue weighted by Crippen LogP contribution is 2.36. The van der Waals surface area contributed by atoms with Crippen LogP contribution in [-0.2, 0) is 19.3 Å². The predicted octanol–water partition coefficient (Wildman–Crippen LogP) is 5.74. The molecule has 1 aliphatic rings. The molecule has 0 spiro atoms. The summed E-state index contributed by atoms with van der Waals surface area (Å²) in [6, 6.07) is 13.5. The quantitative estimate of drug-likeness (QED) is 0.650. The Kier molecular flexibility index (Phi) is 5.00. The minimum Gasteiger partial charge on any atom is -0.0683 e. The van der Waals surface area contributed by atoms with Crippen LogP contribution in [0.5, 0.6) is 0 Å². The van der Waals surface area contributed by atoms with Gasteiger partial charge in [-0.2, -0.15) is 0 Å². The molecule has 0 nitrogen and oxygen atoms in total. The van der Waals surface area contributed by atoms with E-state index in [0.717, 1.165) is 0 Å². The highest BCUT2D eigenvalue weighted by molar-refractivity contribution is 5.74. The maximum Gasteiger partial charge on any atom is -0.0146 e. The van der Waals surface area contributed by atoms with Crippen LogP contribution in [-0.4, -0.2) is 0 Å².